The van der Waals surface area contributed by atoms with Crippen molar-refractivity contribution in [1.82, 2.24) is 5.32 Å². The molecule has 0 aliphatic rings. The highest BCUT2D eigenvalue weighted by Crippen LogP contribution is 2.33. The number of methoxy groups -OCH3 is 2. The first-order valence-electron chi connectivity index (χ1n) is 9.69. The Labute approximate surface area is 179 Å². The zero-order valence-corrected chi connectivity index (χ0v) is 18.9. The summed E-state index contributed by atoms with van der Waals surface area (Å²) >= 11 is 0. The van der Waals surface area contributed by atoms with Crippen LogP contribution >= 0.6 is 0 Å². The number of nitrogens with one attached hydrogen (secondary N) is 1. The van der Waals surface area contributed by atoms with Crippen LogP contribution in [0.1, 0.15) is 31.9 Å². The number of hydrogen-bond donors (Lipinski definition) is 1. The Hall–Kier alpha value is -2.74. The van der Waals surface area contributed by atoms with E-state index in [1.54, 1.807) is 18.2 Å². The molecular formula is C22H30N2O5S. The molecule has 0 spiro atoms. The SMILES string of the molecule is COc1ccc(N(CC(=O)N[C@H](CC(C)C)c2ccccc2)S(C)(=O)=O)c(OC)c1. The molecule has 0 bridgehead atoms. The van der Waals surface area contributed by atoms with Gasteiger partial charge in [-0.15, -0.1) is 0 Å². The Morgan fingerprint density at radius 2 is 1.73 bits per heavy atom. The third kappa shape index (κ3) is 6.38. The molecule has 2 aromatic carbocycles. The molecule has 164 valence electrons. The largest absolute Gasteiger partial charge is 0.497 e. The summed E-state index contributed by atoms with van der Waals surface area (Å²) in [5.41, 5.74) is 1.25. The number of benzene rings is 2. The number of hydrogen-bond acceptors (Lipinski definition) is 5. The second-order valence-corrected chi connectivity index (χ2v) is 9.37. The number of nitrogens with zero attached hydrogens (tertiary/aromatic N) is 1. The van der Waals surface area contributed by atoms with Crippen molar-refractivity contribution >= 4 is 21.6 Å². The molecular weight excluding hydrogens is 404 g/mol. The van der Waals surface area contributed by atoms with Gasteiger partial charge in [-0.05, 0) is 30.0 Å². The lowest BCUT2D eigenvalue weighted by molar-refractivity contribution is -0.120. The molecule has 2 aromatic rings. The minimum Gasteiger partial charge on any atom is -0.497 e. The molecule has 0 fully saturated rings. The van der Waals surface area contributed by atoms with Gasteiger partial charge in [0.25, 0.3) is 0 Å². The summed E-state index contributed by atoms with van der Waals surface area (Å²) < 4.78 is 36.5. The second kappa shape index (κ2) is 10.3. The maximum absolute atomic E-state index is 12.9. The van der Waals surface area contributed by atoms with Crippen LogP contribution in [0.2, 0.25) is 0 Å². The van der Waals surface area contributed by atoms with Crippen LogP contribution in [0.15, 0.2) is 48.5 Å². The van der Waals surface area contributed by atoms with Crippen molar-refractivity contribution in [1.29, 1.82) is 0 Å². The molecule has 0 aliphatic carbocycles. The zero-order valence-electron chi connectivity index (χ0n) is 18.1. The van der Waals surface area contributed by atoms with Crippen LogP contribution in [0.25, 0.3) is 0 Å². The molecule has 0 aromatic heterocycles. The van der Waals surface area contributed by atoms with Crippen molar-refractivity contribution in [3.05, 3.63) is 54.1 Å². The Morgan fingerprint density at radius 1 is 1.07 bits per heavy atom. The third-order valence-corrected chi connectivity index (χ3v) is 5.71. The summed E-state index contributed by atoms with van der Waals surface area (Å²) in [4.78, 5) is 12.9. The van der Waals surface area contributed by atoms with E-state index >= 15 is 0 Å². The van der Waals surface area contributed by atoms with Crippen molar-refractivity contribution in [3.63, 3.8) is 0 Å². The van der Waals surface area contributed by atoms with Crippen LogP contribution in [0.4, 0.5) is 5.69 Å². The Kier molecular flexibility index (Phi) is 8.11. The van der Waals surface area contributed by atoms with Gasteiger partial charge in [-0.2, -0.15) is 0 Å². The van der Waals surface area contributed by atoms with E-state index in [0.717, 1.165) is 22.5 Å². The predicted molar refractivity (Wildman–Crippen MR) is 119 cm³/mol. The minimum atomic E-state index is -3.74. The maximum Gasteiger partial charge on any atom is 0.241 e. The van der Waals surface area contributed by atoms with E-state index in [4.69, 9.17) is 9.47 Å². The van der Waals surface area contributed by atoms with Crippen LogP contribution < -0.4 is 19.1 Å². The van der Waals surface area contributed by atoms with Gasteiger partial charge in [0.2, 0.25) is 15.9 Å². The zero-order chi connectivity index (χ0) is 22.3. The number of rotatable bonds is 10. The lowest BCUT2D eigenvalue weighted by Crippen LogP contribution is -2.42. The highest BCUT2D eigenvalue weighted by atomic mass is 32.2. The van der Waals surface area contributed by atoms with Gasteiger partial charge in [0.05, 0.1) is 32.2 Å². The van der Waals surface area contributed by atoms with E-state index in [1.807, 2.05) is 30.3 Å². The molecule has 0 heterocycles. The second-order valence-electron chi connectivity index (χ2n) is 7.47. The van der Waals surface area contributed by atoms with Gasteiger partial charge in [-0.1, -0.05) is 44.2 Å². The molecule has 0 saturated carbocycles. The van der Waals surface area contributed by atoms with Gasteiger partial charge in [0.15, 0.2) is 0 Å². The Balaban J connectivity index is 2.29. The van der Waals surface area contributed by atoms with Crippen LogP contribution in [-0.4, -0.2) is 41.3 Å². The van der Waals surface area contributed by atoms with E-state index < -0.39 is 15.9 Å². The number of amides is 1. The van der Waals surface area contributed by atoms with E-state index in [2.05, 4.69) is 19.2 Å². The summed E-state index contributed by atoms with van der Waals surface area (Å²) in [6.07, 6.45) is 1.80. The summed E-state index contributed by atoms with van der Waals surface area (Å²) in [6, 6.07) is 14.2. The Bertz CT molecular complexity index is 945. The summed E-state index contributed by atoms with van der Waals surface area (Å²) in [7, 11) is -0.791. The lowest BCUT2D eigenvalue weighted by atomic mass is 9.97. The molecule has 0 radical (unpaired) electrons. The molecule has 1 atom stereocenters. The molecule has 2 rings (SSSR count). The fraction of sp³-hybridized carbons (Fsp3) is 0.409. The summed E-state index contributed by atoms with van der Waals surface area (Å²) in [5, 5.41) is 2.99. The lowest BCUT2D eigenvalue weighted by Gasteiger charge is -2.26. The van der Waals surface area contributed by atoms with Gasteiger partial charge >= 0.3 is 0 Å². The third-order valence-electron chi connectivity index (χ3n) is 4.59. The van der Waals surface area contributed by atoms with E-state index in [0.29, 0.717) is 17.4 Å². The molecule has 0 saturated heterocycles. The Morgan fingerprint density at radius 3 is 2.27 bits per heavy atom. The number of carbonyl (C=O) groups excluding carboxylic acids is 1. The average molecular weight is 435 g/mol. The monoisotopic (exact) mass is 434 g/mol. The summed E-state index contributed by atoms with van der Waals surface area (Å²) in [6.45, 7) is 3.79. The summed E-state index contributed by atoms with van der Waals surface area (Å²) in [5.74, 6) is 0.778. The van der Waals surface area contributed by atoms with E-state index in [9.17, 15) is 13.2 Å². The topological polar surface area (TPSA) is 84.9 Å². The molecule has 1 N–H and O–H groups in total. The smallest absolute Gasteiger partial charge is 0.241 e. The molecule has 8 heteroatoms. The van der Waals surface area contributed by atoms with Crippen LogP contribution in [0, 0.1) is 5.92 Å². The first-order valence-corrected chi connectivity index (χ1v) is 11.5. The maximum atomic E-state index is 12.9. The number of anilines is 1. The van der Waals surface area contributed by atoms with Crippen LogP contribution in [-0.2, 0) is 14.8 Å². The number of ether oxygens (including phenoxy) is 2. The van der Waals surface area contributed by atoms with E-state index in [1.165, 1.54) is 14.2 Å². The van der Waals surface area contributed by atoms with Gasteiger partial charge in [0.1, 0.15) is 18.0 Å². The van der Waals surface area contributed by atoms with Gasteiger partial charge in [-0.3, -0.25) is 9.10 Å². The molecule has 0 unspecified atom stereocenters. The van der Waals surface area contributed by atoms with Crippen molar-refractivity contribution < 1.29 is 22.7 Å². The number of sulfonamides is 1. The predicted octanol–water partition coefficient (Wildman–Crippen LogP) is 3.37. The van der Waals surface area contributed by atoms with Crippen molar-refractivity contribution in [2.75, 3.05) is 31.3 Å². The highest BCUT2D eigenvalue weighted by molar-refractivity contribution is 7.92. The van der Waals surface area contributed by atoms with Gasteiger partial charge in [0, 0.05) is 6.07 Å². The van der Waals surface area contributed by atoms with Gasteiger partial charge < -0.3 is 14.8 Å². The van der Waals surface area contributed by atoms with E-state index in [-0.39, 0.29) is 18.3 Å². The fourth-order valence-electron chi connectivity index (χ4n) is 3.18. The van der Waals surface area contributed by atoms with Crippen LogP contribution in [0.3, 0.4) is 0 Å². The first-order chi connectivity index (χ1) is 14.2. The minimum absolute atomic E-state index is 0.210. The first kappa shape index (κ1) is 23.5. The molecule has 30 heavy (non-hydrogen) atoms. The van der Waals surface area contributed by atoms with Gasteiger partial charge in [-0.25, -0.2) is 8.42 Å². The molecule has 1 amide bonds. The van der Waals surface area contributed by atoms with Crippen molar-refractivity contribution in [3.8, 4) is 11.5 Å². The van der Waals surface area contributed by atoms with Crippen molar-refractivity contribution in [2.24, 2.45) is 5.92 Å². The average Bonchev–Trinajstić information content (AvgIpc) is 2.70. The quantitative estimate of drug-likeness (QED) is 0.620. The number of carbonyl (C=O) groups is 1. The molecule has 7 nitrogen and oxygen atoms in total. The highest BCUT2D eigenvalue weighted by Gasteiger charge is 2.26. The van der Waals surface area contributed by atoms with Crippen molar-refractivity contribution in [2.45, 2.75) is 26.3 Å². The van der Waals surface area contributed by atoms with Crippen LogP contribution in [0.5, 0.6) is 11.5 Å². The fourth-order valence-corrected chi connectivity index (χ4v) is 4.04. The molecule has 0 aliphatic heterocycles. The standard InChI is InChI=1S/C22H30N2O5S/c1-16(2)13-19(17-9-7-6-8-10-17)23-22(25)15-24(30(5,26)27)20-12-11-18(28-3)14-21(20)29-4/h6-12,14,16,19H,13,15H2,1-5H3,(H,23,25)/t19-/m1/s1. The normalized spacial score (nSPS) is 12.3.